The number of hydrogen-bond donors (Lipinski definition) is 2. The van der Waals surface area contributed by atoms with E-state index in [0.29, 0.717) is 29.9 Å². The second-order valence-electron chi connectivity index (χ2n) is 4.70. The molecule has 0 fully saturated rings. The van der Waals surface area contributed by atoms with Crippen molar-refractivity contribution < 1.29 is 14.3 Å². The first-order chi connectivity index (χ1) is 9.51. The highest BCUT2D eigenvalue weighted by Gasteiger charge is 2.10. The molecule has 0 radical (unpaired) electrons. The van der Waals surface area contributed by atoms with Crippen LogP contribution in [0.4, 0.5) is 9.93 Å². The first-order valence-corrected chi connectivity index (χ1v) is 7.54. The molecule has 0 saturated carbocycles. The molecule has 2 N–H and O–H groups in total. The number of carbonyl (C=O) groups is 2. The number of ether oxygens (including phenoxy) is 1. The van der Waals surface area contributed by atoms with Gasteiger partial charge in [0.15, 0.2) is 5.13 Å². The number of hydrogen-bond acceptors (Lipinski definition) is 5. The van der Waals surface area contributed by atoms with E-state index in [-0.39, 0.29) is 12.3 Å². The zero-order chi connectivity index (χ0) is 15.0. The van der Waals surface area contributed by atoms with Crippen LogP contribution in [0.15, 0.2) is 5.38 Å². The van der Waals surface area contributed by atoms with Crippen molar-refractivity contribution in [1.29, 1.82) is 0 Å². The third-order valence-electron chi connectivity index (χ3n) is 2.42. The molecule has 0 unspecified atom stereocenters. The second-order valence-corrected chi connectivity index (χ2v) is 5.56. The van der Waals surface area contributed by atoms with Crippen LogP contribution in [0.25, 0.3) is 0 Å². The number of anilines is 1. The van der Waals surface area contributed by atoms with Gasteiger partial charge in [0.1, 0.15) is 0 Å². The fraction of sp³-hybridized carbons (Fsp3) is 0.615. The van der Waals surface area contributed by atoms with E-state index in [4.69, 9.17) is 4.74 Å². The van der Waals surface area contributed by atoms with E-state index in [1.165, 1.54) is 11.3 Å². The Morgan fingerprint density at radius 2 is 2.20 bits per heavy atom. The van der Waals surface area contributed by atoms with Crippen LogP contribution in [0, 0.1) is 5.92 Å². The molecule has 1 aromatic rings. The Morgan fingerprint density at radius 1 is 1.45 bits per heavy atom. The van der Waals surface area contributed by atoms with E-state index in [2.05, 4.69) is 29.5 Å². The highest BCUT2D eigenvalue weighted by Crippen LogP contribution is 2.16. The summed E-state index contributed by atoms with van der Waals surface area (Å²) in [5.74, 6) is 0.508. The number of amides is 2. The predicted octanol–water partition coefficient (Wildman–Crippen LogP) is 2.42. The van der Waals surface area contributed by atoms with Crippen molar-refractivity contribution in [2.24, 2.45) is 5.92 Å². The van der Waals surface area contributed by atoms with Gasteiger partial charge in [0.25, 0.3) is 0 Å². The minimum Gasteiger partial charge on any atom is -0.450 e. The van der Waals surface area contributed by atoms with Gasteiger partial charge in [0, 0.05) is 11.9 Å². The Labute approximate surface area is 122 Å². The minimum atomic E-state index is -0.533. The largest absolute Gasteiger partial charge is 0.450 e. The average molecular weight is 299 g/mol. The summed E-state index contributed by atoms with van der Waals surface area (Å²) in [5.41, 5.74) is 0.642. The highest BCUT2D eigenvalue weighted by molar-refractivity contribution is 7.13. The van der Waals surface area contributed by atoms with Gasteiger partial charge < -0.3 is 10.1 Å². The lowest BCUT2D eigenvalue weighted by Gasteiger charge is -2.06. The van der Waals surface area contributed by atoms with Crippen LogP contribution in [0.3, 0.4) is 0 Å². The van der Waals surface area contributed by atoms with Crippen LogP contribution in [0.2, 0.25) is 0 Å². The van der Waals surface area contributed by atoms with E-state index in [0.717, 1.165) is 6.42 Å². The maximum Gasteiger partial charge on any atom is 0.413 e. The summed E-state index contributed by atoms with van der Waals surface area (Å²) in [6, 6.07) is 0. The molecule has 0 atom stereocenters. The third kappa shape index (κ3) is 6.51. The molecule has 1 rings (SSSR count). The molecule has 0 spiro atoms. The van der Waals surface area contributed by atoms with E-state index < -0.39 is 6.09 Å². The molecule has 1 heterocycles. The lowest BCUT2D eigenvalue weighted by atomic mass is 10.1. The number of nitrogens with zero attached hydrogens (tertiary/aromatic N) is 1. The molecule has 0 bridgehead atoms. The van der Waals surface area contributed by atoms with Gasteiger partial charge in [-0.2, -0.15) is 0 Å². The Bertz CT molecular complexity index is 446. The number of nitrogens with one attached hydrogen (secondary N) is 2. The topological polar surface area (TPSA) is 80.3 Å². The summed E-state index contributed by atoms with van der Waals surface area (Å²) >= 11 is 1.27. The first kappa shape index (κ1) is 16.4. The molecule has 0 aliphatic heterocycles. The standard InChI is InChI=1S/C13H21N3O3S/c1-4-19-13(18)16-12-15-10(8-20-12)7-11(17)14-6-5-9(2)3/h8-9H,4-7H2,1-3H3,(H,14,17)(H,15,16,18). The van der Waals surface area contributed by atoms with Crippen molar-refractivity contribution in [3.8, 4) is 0 Å². The van der Waals surface area contributed by atoms with E-state index in [9.17, 15) is 9.59 Å². The lowest BCUT2D eigenvalue weighted by molar-refractivity contribution is -0.120. The monoisotopic (exact) mass is 299 g/mol. The summed E-state index contributed by atoms with van der Waals surface area (Å²) in [6.45, 7) is 6.94. The fourth-order valence-corrected chi connectivity index (χ4v) is 2.12. The Balaban J connectivity index is 2.36. The average Bonchev–Trinajstić information content (AvgIpc) is 2.76. The quantitative estimate of drug-likeness (QED) is 0.810. The van der Waals surface area contributed by atoms with Crippen LogP contribution >= 0.6 is 11.3 Å². The smallest absolute Gasteiger partial charge is 0.413 e. The summed E-state index contributed by atoms with van der Waals surface area (Å²) < 4.78 is 4.75. The Morgan fingerprint density at radius 3 is 2.85 bits per heavy atom. The van der Waals surface area contributed by atoms with Crippen LogP contribution in [0.5, 0.6) is 0 Å². The van der Waals surface area contributed by atoms with Gasteiger partial charge in [-0.25, -0.2) is 9.78 Å². The highest BCUT2D eigenvalue weighted by atomic mass is 32.1. The molecule has 1 aromatic heterocycles. The van der Waals surface area contributed by atoms with Crippen molar-refractivity contribution >= 4 is 28.5 Å². The van der Waals surface area contributed by atoms with Gasteiger partial charge in [-0.15, -0.1) is 11.3 Å². The molecular formula is C13H21N3O3S. The molecule has 0 aliphatic carbocycles. The van der Waals surface area contributed by atoms with E-state index >= 15 is 0 Å². The molecule has 0 aromatic carbocycles. The SMILES string of the molecule is CCOC(=O)Nc1nc(CC(=O)NCCC(C)C)cs1. The molecule has 2 amide bonds. The minimum absolute atomic E-state index is 0.0568. The van der Waals surface area contributed by atoms with Crippen molar-refractivity contribution in [1.82, 2.24) is 10.3 Å². The molecule has 20 heavy (non-hydrogen) atoms. The maximum absolute atomic E-state index is 11.7. The van der Waals surface area contributed by atoms with Crippen LogP contribution < -0.4 is 10.6 Å². The molecule has 0 aliphatic rings. The number of thiazole rings is 1. The van der Waals surface area contributed by atoms with Crippen LogP contribution in [0.1, 0.15) is 32.9 Å². The summed E-state index contributed by atoms with van der Waals surface area (Å²) in [5, 5.41) is 7.55. The van der Waals surface area contributed by atoms with Crippen LogP contribution in [-0.2, 0) is 16.0 Å². The van der Waals surface area contributed by atoms with Crippen molar-refractivity contribution in [3.63, 3.8) is 0 Å². The van der Waals surface area contributed by atoms with Gasteiger partial charge in [0.2, 0.25) is 5.91 Å². The summed E-state index contributed by atoms with van der Waals surface area (Å²) in [7, 11) is 0. The van der Waals surface area contributed by atoms with Crippen molar-refractivity contribution in [3.05, 3.63) is 11.1 Å². The summed E-state index contributed by atoms with van der Waals surface area (Å²) in [6.07, 6.45) is 0.646. The Kier molecular flexibility index (Phi) is 7.00. The fourth-order valence-electron chi connectivity index (χ4n) is 1.43. The third-order valence-corrected chi connectivity index (χ3v) is 3.23. The molecule has 0 saturated heterocycles. The number of aromatic nitrogens is 1. The lowest BCUT2D eigenvalue weighted by Crippen LogP contribution is -2.27. The van der Waals surface area contributed by atoms with Crippen molar-refractivity contribution in [2.45, 2.75) is 33.6 Å². The Hall–Kier alpha value is -1.63. The van der Waals surface area contributed by atoms with Gasteiger partial charge in [-0.05, 0) is 19.3 Å². The van der Waals surface area contributed by atoms with Crippen LogP contribution in [-0.4, -0.2) is 30.1 Å². The van der Waals surface area contributed by atoms with Crippen molar-refractivity contribution in [2.75, 3.05) is 18.5 Å². The van der Waals surface area contributed by atoms with Gasteiger partial charge in [-0.3, -0.25) is 10.1 Å². The van der Waals surface area contributed by atoms with E-state index in [1.54, 1.807) is 12.3 Å². The molecule has 112 valence electrons. The van der Waals surface area contributed by atoms with Gasteiger partial charge >= 0.3 is 6.09 Å². The predicted molar refractivity (Wildman–Crippen MR) is 78.9 cm³/mol. The van der Waals surface area contributed by atoms with E-state index in [1.807, 2.05) is 0 Å². The van der Waals surface area contributed by atoms with Gasteiger partial charge in [-0.1, -0.05) is 13.8 Å². The first-order valence-electron chi connectivity index (χ1n) is 6.66. The zero-order valence-electron chi connectivity index (χ0n) is 12.1. The molecular weight excluding hydrogens is 278 g/mol. The second kappa shape index (κ2) is 8.52. The summed E-state index contributed by atoms with van der Waals surface area (Å²) in [4.78, 5) is 27.0. The number of rotatable bonds is 7. The molecule has 7 heteroatoms. The maximum atomic E-state index is 11.7. The van der Waals surface area contributed by atoms with Gasteiger partial charge in [0.05, 0.1) is 18.7 Å². The molecule has 6 nitrogen and oxygen atoms in total. The normalized spacial score (nSPS) is 10.4. The number of carbonyl (C=O) groups excluding carboxylic acids is 2. The zero-order valence-corrected chi connectivity index (χ0v) is 12.9.